The predicted octanol–water partition coefficient (Wildman–Crippen LogP) is 2.00. The second kappa shape index (κ2) is 8.54. The highest BCUT2D eigenvalue weighted by Gasteiger charge is 2.22. The van der Waals surface area contributed by atoms with Gasteiger partial charge in [0, 0.05) is 5.71 Å². The van der Waals surface area contributed by atoms with Gasteiger partial charge in [-0.2, -0.15) is 5.26 Å². The fourth-order valence-electron chi connectivity index (χ4n) is 1.79. The van der Waals surface area contributed by atoms with Gasteiger partial charge in [-0.15, -0.1) is 0 Å². The summed E-state index contributed by atoms with van der Waals surface area (Å²) < 4.78 is 15.4. The maximum absolute atomic E-state index is 12.0. The lowest BCUT2D eigenvalue weighted by atomic mass is 10.0. The van der Waals surface area contributed by atoms with E-state index in [1.807, 2.05) is 0 Å². The molecule has 7 heteroatoms. The minimum Gasteiger partial charge on any atom is -0.493 e. The molecule has 0 saturated carbocycles. The van der Waals surface area contributed by atoms with Gasteiger partial charge in [-0.3, -0.25) is 4.79 Å². The number of hydrogen-bond acceptors (Lipinski definition) is 7. The van der Waals surface area contributed by atoms with Gasteiger partial charge in [0.1, 0.15) is 5.92 Å². The largest absolute Gasteiger partial charge is 0.493 e. The van der Waals surface area contributed by atoms with Crippen LogP contribution in [0.1, 0.15) is 24.2 Å². The molecule has 0 heterocycles. The summed E-state index contributed by atoms with van der Waals surface area (Å²) in [6.45, 7) is 2.98. The van der Waals surface area contributed by atoms with Crippen molar-refractivity contribution in [3.05, 3.63) is 23.8 Å². The summed E-state index contributed by atoms with van der Waals surface area (Å²) in [4.78, 5) is 23.7. The number of hydrogen-bond donors (Lipinski definition) is 1. The molecule has 0 aromatic heterocycles. The van der Waals surface area contributed by atoms with Crippen molar-refractivity contribution < 1.29 is 23.8 Å². The number of nitriles is 1. The molecule has 7 nitrogen and oxygen atoms in total. The first-order valence-electron chi connectivity index (χ1n) is 6.89. The zero-order valence-corrected chi connectivity index (χ0v) is 13.2. The molecule has 0 spiro atoms. The first-order chi connectivity index (χ1) is 10.9. The molecule has 1 aromatic rings. The Balaban J connectivity index is 2.79. The van der Waals surface area contributed by atoms with E-state index in [2.05, 4.69) is 0 Å². The Morgan fingerprint density at radius 3 is 2.57 bits per heavy atom. The molecule has 0 aliphatic heterocycles. The molecular formula is C16H18N2O5. The smallest absolute Gasteiger partial charge is 0.338 e. The van der Waals surface area contributed by atoms with Gasteiger partial charge >= 0.3 is 5.97 Å². The zero-order chi connectivity index (χ0) is 17.4. The van der Waals surface area contributed by atoms with Gasteiger partial charge in [-0.05, 0) is 32.0 Å². The molecule has 0 radical (unpaired) electrons. The Kier molecular flexibility index (Phi) is 6.74. The van der Waals surface area contributed by atoms with Gasteiger partial charge in [-0.1, -0.05) is 0 Å². The molecule has 0 bridgehead atoms. The van der Waals surface area contributed by atoms with Crippen molar-refractivity contribution in [2.75, 3.05) is 20.3 Å². The molecule has 1 aromatic carbocycles. The Labute approximate surface area is 134 Å². The second-order valence-electron chi connectivity index (χ2n) is 4.59. The number of ketones is 1. The van der Waals surface area contributed by atoms with Crippen molar-refractivity contribution >= 4 is 17.5 Å². The third kappa shape index (κ3) is 4.81. The lowest BCUT2D eigenvalue weighted by Gasteiger charge is -2.11. The van der Waals surface area contributed by atoms with E-state index < -0.39 is 24.3 Å². The Morgan fingerprint density at radius 2 is 2.04 bits per heavy atom. The van der Waals surface area contributed by atoms with Gasteiger partial charge in [0.2, 0.25) is 0 Å². The van der Waals surface area contributed by atoms with Crippen LogP contribution < -0.4 is 9.47 Å². The lowest BCUT2D eigenvalue weighted by molar-refractivity contribution is -0.122. The van der Waals surface area contributed by atoms with Crippen LogP contribution in [0.5, 0.6) is 11.5 Å². The van der Waals surface area contributed by atoms with E-state index in [4.69, 9.17) is 24.9 Å². The number of methoxy groups -OCH3 is 1. The van der Waals surface area contributed by atoms with Crippen LogP contribution in [0.25, 0.3) is 0 Å². The van der Waals surface area contributed by atoms with E-state index in [1.54, 1.807) is 19.1 Å². The molecule has 0 unspecified atom stereocenters. The van der Waals surface area contributed by atoms with E-state index in [0.717, 1.165) is 0 Å². The van der Waals surface area contributed by atoms with Crippen LogP contribution in [0.3, 0.4) is 0 Å². The van der Waals surface area contributed by atoms with Crippen molar-refractivity contribution in [1.29, 1.82) is 10.7 Å². The van der Waals surface area contributed by atoms with Crippen molar-refractivity contribution in [2.24, 2.45) is 5.92 Å². The highest BCUT2D eigenvalue weighted by Crippen LogP contribution is 2.28. The molecule has 0 aliphatic rings. The van der Waals surface area contributed by atoms with Crippen LogP contribution in [0, 0.1) is 22.7 Å². The third-order valence-electron chi connectivity index (χ3n) is 2.93. The number of ether oxygens (including phenoxy) is 3. The number of nitrogens with zero attached hydrogens (tertiary/aromatic N) is 1. The summed E-state index contributed by atoms with van der Waals surface area (Å²) in [5.41, 5.74) is 0.110. The second-order valence-corrected chi connectivity index (χ2v) is 4.59. The Bertz CT molecular complexity index is 648. The standard InChI is InChI=1S/C16H18N2O5/c1-4-22-15-7-11(5-6-14(15)21-3)16(20)23-9-13(19)12(8-17)10(2)18/h5-7,12,18H,4,9H2,1-3H3/t12-/m0/s1. The number of carbonyl (C=O) groups excluding carboxylic acids is 2. The number of carbonyl (C=O) groups is 2. The molecule has 0 fully saturated rings. The van der Waals surface area contributed by atoms with E-state index in [9.17, 15) is 9.59 Å². The van der Waals surface area contributed by atoms with Gasteiger partial charge in [0.15, 0.2) is 23.9 Å². The van der Waals surface area contributed by atoms with E-state index in [-0.39, 0.29) is 11.3 Å². The Morgan fingerprint density at radius 1 is 1.35 bits per heavy atom. The molecule has 1 rings (SSSR count). The number of Topliss-reactive ketones (excluding diaryl/α,β-unsaturated/α-hetero) is 1. The van der Waals surface area contributed by atoms with E-state index in [0.29, 0.717) is 18.1 Å². The lowest BCUT2D eigenvalue weighted by Crippen LogP contribution is -2.25. The normalized spacial score (nSPS) is 11.0. The highest BCUT2D eigenvalue weighted by molar-refractivity contribution is 6.06. The highest BCUT2D eigenvalue weighted by atomic mass is 16.5. The van der Waals surface area contributed by atoms with Gasteiger partial charge in [0.25, 0.3) is 0 Å². The molecular weight excluding hydrogens is 300 g/mol. The van der Waals surface area contributed by atoms with Crippen LogP contribution in [0.2, 0.25) is 0 Å². The Hall–Kier alpha value is -2.88. The number of benzene rings is 1. The summed E-state index contributed by atoms with van der Waals surface area (Å²) in [6, 6.07) is 6.20. The third-order valence-corrected chi connectivity index (χ3v) is 2.93. The van der Waals surface area contributed by atoms with Crippen LogP contribution in [-0.2, 0) is 9.53 Å². The van der Waals surface area contributed by atoms with Gasteiger partial charge in [0.05, 0.1) is 25.3 Å². The number of nitrogens with one attached hydrogen (secondary N) is 1. The SMILES string of the molecule is CCOc1cc(C(=O)OCC(=O)[C@@H](C#N)C(C)=N)ccc1OC. The molecule has 1 atom stereocenters. The summed E-state index contributed by atoms with van der Waals surface area (Å²) in [7, 11) is 1.48. The quantitative estimate of drug-likeness (QED) is 0.580. The van der Waals surface area contributed by atoms with E-state index in [1.165, 1.54) is 26.2 Å². The fraction of sp³-hybridized carbons (Fsp3) is 0.375. The average Bonchev–Trinajstić information content (AvgIpc) is 2.53. The maximum Gasteiger partial charge on any atom is 0.338 e. The average molecular weight is 318 g/mol. The first-order valence-corrected chi connectivity index (χ1v) is 6.89. The number of rotatable bonds is 8. The van der Waals surface area contributed by atoms with Crippen molar-refractivity contribution in [3.63, 3.8) is 0 Å². The molecule has 0 saturated heterocycles. The molecule has 23 heavy (non-hydrogen) atoms. The van der Waals surface area contributed by atoms with Gasteiger partial charge < -0.3 is 19.6 Å². The van der Waals surface area contributed by atoms with Crippen LogP contribution in [0.4, 0.5) is 0 Å². The van der Waals surface area contributed by atoms with Crippen LogP contribution in [0.15, 0.2) is 18.2 Å². The van der Waals surface area contributed by atoms with Crippen molar-refractivity contribution in [2.45, 2.75) is 13.8 Å². The fourth-order valence-corrected chi connectivity index (χ4v) is 1.79. The minimum atomic E-state index is -1.20. The zero-order valence-electron chi connectivity index (χ0n) is 13.2. The molecule has 0 aliphatic carbocycles. The predicted molar refractivity (Wildman–Crippen MR) is 82.0 cm³/mol. The van der Waals surface area contributed by atoms with Crippen molar-refractivity contribution in [3.8, 4) is 17.6 Å². The first kappa shape index (κ1) is 18.2. The summed E-state index contributed by atoms with van der Waals surface area (Å²) >= 11 is 0. The monoisotopic (exact) mass is 318 g/mol. The van der Waals surface area contributed by atoms with Crippen molar-refractivity contribution in [1.82, 2.24) is 0 Å². The summed E-state index contributed by atoms with van der Waals surface area (Å²) in [6.07, 6.45) is 0. The number of esters is 1. The maximum atomic E-state index is 12.0. The van der Waals surface area contributed by atoms with Crippen LogP contribution >= 0.6 is 0 Å². The van der Waals surface area contributed by atoms with Crippen LogP contribution in [-0.4, -0.2) is 37.8 Å². The molecule has 122 valence electrons. The summed E-state index contributed by atoms with van der Waals surface area (Å²) in [5.74, 6) is -1.68. The van der Waals surface area contributed by atoms with Gasteiger partial charge in [-0.25, -0.2) is 4.79 Å². The summed E-state index contributed by atoms with van der Waals surface area (Å²) in [5, 5.41) is 16.2. The van der Waals surface area contributed by atoms with E-state index >= 15 is 0 Å². The topological polar surface area (TPSA) is 109 Å². The molecule has 1 N–H and O–H groups in total. The minimum absolute atomic E-state index is 0.0865. The molecule has 0 amide bonds.